The van der Waals surface area contributed by atoms with Crippen LogP contribution in [0.1, 0.15) is 22.8 Å². The van der Waals surface area contributed by atoms with Gasteiger partial charge in [0.1, 0.15) is 65.5 Å². The highest BCUT2D eigenvalue weighted by molar-refractivity contribution is 6.10. The van der Waals surface area contributed by atoms with E-state index < -0.39 is 67.2 Å². The fourth-order valence-corrected chi connectivity index (χ4v) is 5.53. The number of benzene rings is 2. The standard InChI is InChI=1S/C33H44O15/c1-16-26(35)28(37)29(38)32(46-16)45-15-24-27(36)30(43-6)31(44-7)33(48-24)47-18-13-22(41-4)25(23(14-18)42-5)19(34)10-8-17-9-11-20(39-2)21(12-17)40-3/h8-14,16,24,26-33,35-38H,15H2,1-7H3/b10-8+/t16-,24+,26-,27+,28+,29+,30-,31+,32+,33+/m0/s1. The molecule has 0 unspecified atom stereocenters. The van der Waals surface area contributed by atoms with Gasteiger partial charge in [0.25, 0.3) is 0 Å². The van der Waals surface area contributed by atoms with E-state index >= 15 is 0 Å². The number of hydrogen-bond donors (Lipinski definition) is 4. The van der Waals surface area contributed by atoms with Gasteiger partial charge in [-0.25, -0.2) is 0 Å². The first-order chi connectivity index (χ1) is 23.0. The van der Waals surface area contributed by atoms with Crippen molar-refractivity contribution in [2.45, 2.75) is 68.3 Å². The van der Waals surface area contributed by atoms with Crippen molar-refractivity contribution in [1.29, 1.82) is 0 Å². The molecule has 2 aliphatic heterocycles. The Morgan fingerprint density at radius 3 is 1.94 bits per heavy atom. The van der Waals surface area contributed by atoms with E-state index in [2.05, 4.69) is 0 Å². The molecule has 48 heavy (non-hydrogen) atoms. The first kappa shape index (κ1) is 37.3. The zero-order valence-corrected chi connectivity index (χ0v) is 27.8. The van der Waals surface area contributed by atoms with E-state index in [9.17, 15) is 25.2 Å². The number of carbonyl (C=O) groups is 1. The highest BCUT2D eigenvalue weighted by Gasteiger charge is 2.49. The molecule has 2 aliphatic rings. The number of aliphatic hydroxyl groups is 4. The van der Waals surface area contributed by atoms with E-state index in [1.807, 2.05) is 0 Å². The monoisotopic (exact) mass is 680 g/mol. The molecule has 0 saturated carbocycles. The number of ketones is 1. The molecule has 2 aromatic rings. The normalized spacial score (nSPS) is 30.6. The average molecular weight is 681 g/mol. The zero-order chi connectivity index (χ0) is 35.1. The minimum atomic E-state index is -1.55. The van der Waals surface area contributed by atoms with E-state index in [0.29, 0.717) is 17.1 Å². The maximum absolute atomic E-state index is 13.4. The van der Waals surface area contributed by atoms with Crippen LogP contribution in [0, 0.1) is 0 Å². The lowest BCUT2D eigenvalue weighted by molar-refractivity contribution is -0.321. The molecule has 0 radical (unpaired) electrons. The zero-order valence-electron chi connectivity index (χ0n) is 27.8. The van der Waals surface area contributed by atoms with Crippen LogP contribution in [0.15, 0.2) is 36.4 Å². The SMILES string of the molecule is COc1ccc(/C=C/C(=O)c2c(OC)cc(O[C@@H]3O[C@H](CO[C@@H]4O[C@@H](C)[C@H](O)[C@@H](O)[C@H]4O)[C@@H](O)[C@H](OC)[C@H]3OC)cc2OC)cc1OC. The highest BCUT2D eigenvalue weighted by atomic mass is 16.7. The van der Waals surface area contributed by atoms with Gasteiger partial charge in [-0.15, -0.1) is 0 Å². The van der Waals surface area contributed by atoms with Crippen molar-refractivity contribution < 1.29 is 72.6 Å². The van der Waals surface area contributed by atoms with Crippen molar-refractivity contribution in [3.63, 3.8) is 0 Å². The molecule has 15 heteroatoms. The maximum atomic E-state index is 13.4. The molecule has 10 atom stereocenters. The lowest BCUT2D eigenvalue weighted by atomic mass is 9.98. The van der Waals surface area contributed by atoms with Crippen molar-refractivity contribution in [3.8, 4) is 28.7 Å². The van der Waals surface area contributed by atoms with E-state index in [4.69, 9.17) is 47.4 Å². The second-order valence-electron chi connectivity index (χ2n) is 11.1. The summed E-state index contributed by atoms with van der Waals surface area (Å²) in [5.74, 6) is 1.13. The molecule has 2 fully saturated rings. The van der Waals surface area contributed by atoms with Gasteiger partial charge in [-0.2, -0.15) is 0 Å². The number of allylic oxidation sites excluding steroid dienone is 1. The number of carbonyl (C=O) groups excluding carboxylic acids is 1. The molecule has 4 N–H and O–H groups in total. The molecule has 266 valence electrons. The van der Waals surface area contributed by atoms with Crippen LogP contribution >= 0.6 is 0 Å². The molecule has 15 nitrogen and oxygen atoms in total. The highest BCUT2D eigenvalue weighted by Crippen LogP contribution is 2.37. The topological polar surface area (TPSA) is 190 Å². The Kier molecular flexibility index (Phi) is 13.0. The van der Waals surface area contributed by atoms with Crippen molar-refractivity contribution >= 4 is 11.9 Å². The Bertz CT molecular complexity index is 1370. The van der Waals surface area contributed by atoms with E-state index in [-0.39, 0.29) is 29.4 Å². The largest absolute Gasteiger partial charge is 0.496 e. The van der Waals surface area contributed by atoms with Gasteiger partial charge in [-0.05, 0) is 30.7 Å². The van der Waals surface area contributed by atoms with E-state index in [0.717, 1.165) is 0 Å². The summed E-state index contributed by atoms with van der Waals surface area (Å²) >= 11 is 0. The van der Waals surface area contributed by atoms with Crippen LogP contribution in [0.5, 0.6) is 28.7 Å². The molecule has 0 amide bonds. The average Bonchev–Trinajstić information content (AvgIpc) is 3.10. The Morgan fingerprint density at radius 1 is 0.729 bits per heavy atom. The van der Waals surface area contributed by atoms with Crippen LogP contribution in [-0.2, 0) is 23.7 Å². The first-order valence-electron chi connectivity index (χ1n) is 15.1. The van der Waals surface area contributed by atoms with E-state index in [1.54, 1.807) is 24.3 Å². The Labute approximate surface area is 278 Å². The molecule has 2 heterocycles. The molecule has 4 rings (SSSR count). The minimum absolute atomic E-state index is 0.140. The smallest absolute Gasteiger partial charge is 0.229 e. The second-order valence-corrected chi connectivity index (χ2v) is 11.1. The van der Waals surface area contributed by atoms with Crippen LogP contribution in [0.25, 0.3) is 6.08 Å². The van der Waals surface area contributed by atoms with Crippen LogP contribution < -0.4 is 23.7 Å². The van der Waals surface area contributed by atoms with Crippen molar-refractivity contribution in [2.24, 2.45) is 0 Å². The quantitative estimate of drug-likeness (QED) is 0.163. The summed E-state index contributed by atoms with van der Waals surface area (Å²) in [6.07, 6.45) is -8.91. The summed E-state index contributed by atoms with van der Waals surface area (Å²) in [4.78, 5) is 13.4. The van der Waals surface area contributed by atoms with Crippen LogP contribution in [0.3, 0.4) is 0 Å². The molecule has 0 bridgehead atoms. The van der Waals surface area contributed by atoms with Gasteiger partial charge >= 0.3 is 0 Å². The molecule has 2 saturated heterocycles. The van der Waals surface area contributed by atoms with Crippen molar-refractivity contribution in [1.82, 2.24) is 0 Å². The Morgan fingerprint density at radius 2 is 1.35 bits per heavy atom. The van der Waals surface area contributed by atoms with Crippen LogP contribution in [0.2, 0.25) is 0 Å². The maximum Gasteiger partial charge on any atom is 0.229 e. The third-order valence-corrected chi connectivity index (χ3v) is 8.21. The molecule has 0 aliphatic carbocycles. The summed E-state index contributed by atoms with van der Waals surface area (Å²) in [6, 6.07) is 8.19. The summed E-state index contributed by atoms with van der Waals surface area (Å²) in [6.45, 7) is 1.20. The Hall–Kier alpha value is -3.51. The fourth-order valence-electron chi connectivity index (χ4n) is 5.53. The molecule has 0 aromatic heterocycles. The third-order valence-electron chi connectivity index (χ3n) is 8.21. The lowest BCUT2D eigenvalue weighted by Gasteiger charge is -2.44. The molecule has 0 spiro atoms. The third kappa shape index (κ3) is 8.02. The molecular formula is C33H44O15. The molecular weight excluding hydrogens is 636 g/mol. The first-order valence-corrected chi connectivity index (χ1v) is 15.1. The lowest BCUT2D eigenvalue weighted by Crippen LogP contribution is -2.62. The fraction of sp³-hybridized carbons (Fsp3) is 0.545. The summed E-state index contributed by atoms with van der Waals surface area (Å²) < 4.78 is 56.2. The van der Waals surface area contributed by atoms with Crippen molar-refractivity contribution in [2.75, 3.05) is 49.3 Å². The van der Waals surface area contributed by atoms with Crippen LogP contribution in [0.4, 0.5) is 0 Å². The number of hydrogen-bond acceptors (Lipinski definition) is 15. The van der Waals surface area contributed by atoms with Gasteiger partial charge in [0, 0.05) is 26.4 Å². The molecule has 2 aromatic carbocycles. The number of methoxy groups -OCH3 is 6. The van der Waals surface area contributed by atoms with Gasteiger partial charge in [0.15, 0.2) is 23.6 Å². The van der Waals surface area contributed by atoms with Gasteiger partial charge < -0.3 is 67.8 Å². The second kappa shape index (κ2) is 16.7. The van der Waals surface area contributed by atoms with Crippen molar-refractivity contribution in [3.05, 3.63) is 47.5 Å². The van der Waals surface area contributed by atoms with Gasteiger partial charge in [0.2, 0.25) is 6.29 Å². The summed E-state index contributed by atoms with van der Waals surface area (Å²) in [7, 11) is 8.62. The predicted molar refractivity (Wildman–Crippen MR) is 168 cm³/mol. The summed E-state index contributed by atoms with van der Waals surface area (Å²) in [5.41, 5.74) is 0.834. The van der Waals surface area contributed by atoms with Gasteiger partial charge in [-0.3, -0.25) is 4.79 Å². The van der Waals surface area contributed by atoms with Gasteiger partial charge in [0.05, 0.1) is 41.2 Å². The minimum Gasteiger partial charge on any atom is -0.496 e. The number of ether oxygens (including phenoxy) is 10. The Balaban J connectivity index is 1.55. The van der Waals surface area contributed by atoms with E-state index in [1.165, 1.54) is 67.8 Å². The number of rotatable bonds is 14. The predicted octanol–water partition coefficient (Wildman–Crippen LogP) is 0.956. The number of aliphatic hydroxyl groups excluding tert-OH is 4. The van der Waals surface area contributed by atoms with Gasteiger partial charge in [-0.1, -0.05) is 12.1 Å². The van der Waals surface area contributed by atoms with Crippen LogP contribution in [-0.4, -0.2) is 137 Å². The summed E-state index contributed by atoms with van der Waals surface area (Å²) in [5, 5.41) is 41.5.